The summed E-state index contributed by atoms with van der Waals surface area (Å²) in [7, 11) is 0. The van der Waals surface area contributed by atoms with Crippen LogP contribution in [-0.4, -0.2) is 26.4 Å². The summed E-state index contributed by atoms with van der Waals surface area (Å²) in [5, 5.41) is 8.80. The number of rotatable bonds is 5. The number of aromatic nitrogens is 2. The minimum absolute atomic E-state index is 0.0425. The van der Waals surface area contributed by atoms with Gasteiger partial charge in [0, 0.05) is 24.0 Å². The number of imidazole rings is 1. The van der Waals surface area contributed by atoms with Gasteiger partial charge in [0.1, 0.15) is 5.82 Å². The van der Waals surface area contributed by atoms with Gasteiger partial charge < -0.3 is 4.90 Å². The molecule has 23 heavy (non-hydrogen) atoms. The Balaban J connectivity index is 1.82. The fourth-order valence-corrected chi connectivity index (χ4v) is 2.40. The first-order valence-electron chi connectivity index (χ1n) is 7.21. The molecule has 0 atom stereocenters. The van der Waals surface area contributed by atoms with Gasteiger partial charge in [-0.15, -0.1) is 0 Å². The first-order chi connectivity index (χ1) is 11.1. The number of nitriles is 1. The van der Waals surface area contributed by atoms with Gasteiger partial charge in [-0.25, -0.2) is 4.98 Å². The molecule has 7 heteroatoms. The van der Waals surface area contributed by atoms with Crippen LogP contribution in [0.2, 0.25) is 0 Å². The van der Waals surface area contributed by atoms with Gasteiger partial charge in [-0.1, -0.05) is 0 Å². The van der Waals surface area contributed by atoms with Gasteiger partial charge in [0.2, 0.25) is 0 Å². The second kappa shape index (κ2) is 6.16. The molecule has 118 valence electrons. The number of carbonyl (C=O) groups is 1. The fraction of sp³-hybridized carbons (Fsp3) is 0.312. The van der Waals surface area contributed by atoms with Gasteiger partial charge in [0.25, 0.3) is 5.91 Å². The second-order valence-electron chi connectivity index (χ2n) is 5.38. The Labute approximate surface area is 131 Å². The number of carbonyl (C=O) groups excluding carboxylic acids is 1. The number of benzene rings is 1. The van der Waals surface area contributed by atoms with Gasteiger partial charge in [-0.2, -0.15) is 14.0 Å². The van der Waals surface area contributed by atoms with Crippen molar-refractivity contribution in [3.63, 3.8) is 0 Å². The summed E-state index contributed by atoms with van der Waals surface area (Å²) >= 11 is 0. The Bertz CT molecular complexity index is 744. The molecule has 1 aliphatic rings. The fourth-order valence-electron chi connectivity index (χ4n) is 2.40. The molecule has 0 spiro atoms. The standard InChI is InChI=1S/C16H14F2N4O/c17-16(18)21-8-7-20-14(21)10-22(13-5-6-13)15(23)12-3-1-11(9-19)2-4-12/h1-4,7-8,13,16H,5-6,10H2. The van der Waals surface area contributed by atoms with Crippen LogP contribution in [0.5, 0.6) is 0 Å². The monoisotopic (exact) mass is 316 g/mol. The molecule has 5 nitrogen and oxygen atoms in total. The van der Waals surface area contributed by atoms with Crippen LogP contribution >= 0.6 is 0 Å². The molecule has 0 saturated heterocycles. The molecule has 0 unspecified atom stereocenters. The molecule has 1 amide bonds. The predicted molar refractivity (Wildman–Crippen MR) is 77.5 cm³/mol. The van der Waals surface area contributed by atoms with Crippen LogP contribution in [0.1, 0.15) is 41.1 Å². The lowest BCUT2D eigenvalue weighted by atomic mass is 10.1. The molecule has 1 saturated carbocycles. The van der Waals surface area contributed by atoms with Crippen LogP contribution in [0, 0.1) is 11.3 Å². The van der Waals surface area contributed by atoms with Crippen LogP contribution in [0.4, 0.5) is 8.78 Å². The smallest absolute Gasteiger partial charge is 0.319 e. The van der Waals surface area contributed by atoms with Gasteiger partial charge in [-0.3, -0.25) is 9.36 Å². The summed E-state index contributed by atoms with van der Waals surface area (Å²) in [6, 6.07) is 8.34. The number of amides is 1. The van der Waals surface area contributed by atoms with Crippen molar-refractivity contribution in [2.75, 3.05) is 0 Å². The van der Waals surface area contributed by atoms with Crippen molar-refractivity contribution in [1.82, 2.24) is 14.5 Å². The van der Waals surface area contributed by atoms with E-state index in [-0.39, 0.29) is 24.3 Å². The molecule has 0 N–H and O–H groups in total. The molecule has 0 radical (unpaired) electrons. The van der Waals surface area contributed by atoms with E-state index in [4.69, 9.17) is 5.26 Å². The van der Waals surface area contributed by atoms with Crippen LogP contribution < -0.4 is 0 Å². The molecule has 1 fully saturated rings. The van der Waals surface area contributed by atoms with Gasteiger partial charge >= 0.3 is 6.55 Å². The molecular formula is C16H14F2N4O. The Morgan fingerprint density at radius 1 is 1.39 bits per heavy atom. The molecular weight excluding hydrogens is 302 g/mol. The summed E-state index contributed by atoms with van der Waals surface area (Å²) in [5.74, 6) is -0.0744. The zero-order chi connectivity index (χ0) is 16.4. The lowest BCUT2D eigenvalue weighted by molar-refractivity contribution is 0.0584. The first-order valence-corrected chi connectivity index (χ1v) is 7.21. The van der Waals surface area contributed by atoms with E-state index in [0.717, 1.165) is 17.4 Å². The van der Waals surface area contributed by atoms with Crippen molar-refractivity contribution in [1.29, 1.82) is 5.26 Å². The van der Waals surface area contributed by atoms with Crippen LogP contribution in [0.15, 0.2) is 36.7 Å². The maximum atomic E-state index is 12.9. The SMILES string of the molecule is N#Cc1ccc(C(=O)N(Cc2nccn2C(F)F)C2CC2)cc1. The van der Waals surface area contributed by atoms with E-state index in [2.05, 4.69) is 4.98 Å². The van der Waals surface area contributed by atoms with E-state index >= 15 is 0 Å². The van der Waals surface area contributed by atoms with Gasteiger partial charge in [-0.05, 0) is 37.1 Å². The van der Waals surface area contributed by atoms with Crippen molar-refractivity contribution in [3.8, 4) is 6.07 Å². The van der Waals surface area contributed by atoms with E-state index in [1.165, 1.54) is 12.4 Å². The molecule has 0 aliphatic heterocycles. The number of halogens is 2. The molecule has 3 rings (SSSR count). The topological polar surface area (TPSA) is 61.9 Å². The molecule has 1 heterocycles. The lowest BCUT2D eigenvalue weighted by Crippen LogP contribution is -2.33. The molecule has 2 aromatic rings. The predicted octanol–water partition coefficient (Wildman–Crippen LogP) is 2.95. The normalized spacial score (nSPS) is 13.8. The molecule has 1 aliphatic carbocycles. The maximum absolute atomic E-state index is 12.9. The molecule has 0 bridgehead atoms. The summed E-state index contributed by atoms with van der Waals surface area (Å²) in [6.07, 6.45) is 4.23. The number of alkyl halides is 2. The summed E-state index contributed by atoms with van der Waals surface area (Å²) < 4.78 is 26.6. The van der Waals surface area contributed by atoms with Crippen molar-refractivity contribution in [3.05, 3.63) is 53.6 Å². The first kappa shape index (κ1) is 15.2. The van der Waals surface area contributed by atoms with Gasteiger partial charge in [0.15, 0.2) is 0 Å². The average molecular weight is 316 g/mol. The highest BCUT2D eigenvalue weighted by molar-refractivity contribution is 5.94. The highest BCUT2D eigenvalue weighted by Gasteiger charge is 2.34. The van der Waals surface area contributed by atoms with E-state index in [9.17, 15) is 13.6 Å². The average Bonchev–Trinajstić information content (AvgIpc) is 3.29. The highest BCUT2D eigenvalue weighted by Crippen LogP contribution is 2.30. The van der Waals surface area contributed by atoms with Crippen molar-refractivity contribution in [2.45, 2.75) is 32.0 Å². The van der Waals surface area contributed by atoms with Crippen molar-refractivity contribution in [2.24, 2.45) is 0 Å². The lowest BCUT2D eigenvalue weighted by Gasteiger charge is -2.22. The van der Waals surface area contributed by atoms with Crippen LogP contribution in [0.3, 0.4) is 0 Å². The summed E-state index contributed by atoms with van der Waals surface area (Å²) in [4.78, 5) is 18.2. The number of hydrogen-bond acceptors (Lipinski definition) is 3. The zero-order valence-corrected chi connectivity index (χ0v) is 12.2. The quantitative estimate of drug-likeness (QED) is 0.852. The maximum Gasteiger partial charge on any atom is 0.319 e. The highest BCUT2D eigenvalue weighted by atomic mass is 19.3. The zero-order valence-electron chi connectivity index (χ0n) is 12.2. The Morgan fingerprint density at radius 3 is 2.65 bits per heavy atom. The van der Waals surface area contributed by atoms with Crippen LogP contribution in [0.25, 0.3) is 0 Å². The van der Waals surface area contributed by atoms with E-state index in [1.54, 1.807) is 29.2 Å². The van der Waals surface area contributed by atoms with Crippen LogP contribution in [-0.2, 0) is 6.54 Å². The minimum atomic E-state index is -2.68. The number of nitrogens with zero attached hydrogens (tertiary/aromatic N) is 4. The van der Waals surface area contributed by atoms with E-state index in [1.807, 2.05) is 6.07 Å². The van der Waals surface area contributed by atoms with Crippen molar-refractivity contribution < 1.29 is 13.6 Å². The largest absolute Gasteiger partial charge is 0.328 e. The van der Waals surface area contributed by atoms with Crippen molar-refractivity contribution >= 4 is 5.91 Å². The minimum Gasteiger partial charge on any atom is -0.328 e. The molecule has 1 aromatic heterocycles. The van der Waals surface area contributed by atoms with E-state index in [0.29, 0.717) is 11.1 Å². The third-order valence-electron chi connectivity index (χ3n) is 3.78. The van der Waals surface area contributed by atoms with Gasteiger partial charge in [0.05, 0.1) is 18.2 Å². The second-order valence-corrected chi connectivity index (χ2v) is 5.38. The Morgan fingerprint density at radius 2 is 2.09 bits per heavy atom. The summed E-state index contributed by atoms with van der Waals surface area (Å²) in [5.41, 5.74) is 0.902. The Hall–Kier alpha value is -2.75. The molecule has 1 aromatic carbocycles. The Kier molecular flexibility index (Phi) is 4.06. The number of hydrogen-bond donors (Lipinski definition) is 0. The van der Waals surface area contributed by atoms with E-state index < -0.39 is 6.55 Å². The third kappa shape index (κ3) is 3.21. The third-order valence-corrected chi connectivity index (χ3v) is 3.78. The summed E-state index contributed by atoms with van der Waals surface area (Å²) in [6.45, 7) is -2.64.